The second-order valence-electron chi connectivity index (χ2n) is 9.23. The third kappa shape index (κ3) is 4.59. The van der Waals surface area contributed by atoms with Crippen molar-refractivity contribution in [3.05, 3.63) is 95.2 Å². The Bertz CT molecular complexity index is 1660. The lowest BCUT2D eigenvalue weighted by molar-refractivity contribution is -0.141. The highest BCUT2D eigenvalue weighted by Crippen LogP contribution is 2.33. The molecule has 0 bridgehead atoms. The van der Waals surface area contributed by atoms with E-state index in [1.54, 1.807) is 35.9 Å². The number of nitriles is 1. The highest BCUT2D eigenvalue weighted by Gasteiger charge is 2.34. The molecular formula is C28H24F3N7. The zero-order valence-electron chi connectivity index (χ0n) is 21.0. The van der Waals surface area contributed by atoms with E-state index in [1.807, 2.05) is 36.4 Å². The number of hydrogen-bond acceptors (Lipinski definition) is 5. The fourth-order valence-electron chi connectivity index (χ4n) is 4.43. The summed E-state index contributed by atoms with van der Waals surface area (Å²) in [6.07, 6.45) is -1.14. The molecule has 10 heteroatoms. The average Bonchev–Trinajstić information content (AvgIpc) is 3.54. The first kappa shape index (κ1) is 25.0. The Kier molecular flexibility index (Phi) is 6.36. The molecule has 38 heavy (non-hydrogen) atoms. The summed E-state index contributed by atoms with van der Waals surface area (Å²) >= 11 is 0. The zero-order chi connectivity index (χ0) is 27.0. The van der Waals surface area contributed by atoms with Crippen molar-refractivity contribution in [2.75, 3.05) is 5.32 Å². The topological polar surface area (TPSA) is 83.8 Å². The Hall–Kier alpha value is -4.65. The van der Waals surface area contributed by atoms with Crippen LogP contribution in [0.15, 0.2) is 67.0 Å². The van der Waals surface area contributed by atoms with Crippen molar-refractivity contribution in [1.82, 2.24) is 24.1 Å². The number of benzene rings is 2. The van der Waals surface area contributed by atoms with E-state index in [1.165, 1.54) is 4.68 Å². The highest BCUT2D eigenvalue weighted by molar-refractivity contribution is 5.76. The summed E-state index contributed by atoms with van der Waals surface area (Å²) in [6.45, 7) is 6.16. The minimum atomic E-state index is -4.50. The van der Waals surface area contributed by atoms with Gasteiger partial charge in [0.2, 0.25) is 0 Å². The van der Waals surface area contributed by atoms with E-state index in [-0.39, 0.29) is 5.92 Å². The van der Waals surface area contributed by atoms with E-state index in [9.17, 15) is 18.4 Å². The lowest BCUT2D eigenvalue weighted by atomic mass is 9.94. The van der Waals surface area contributed by atoms with Crippen molar-refractivity contribution >= 4 is 11.5 Å². The largest absolute Gasteiger partial charge is 0.435 e. The van der Waals surface area contributed by atoms with Gasteiger partial charge in [0.05, 0.1) is 5.69 Å². The molecule has 0 fully saturated rings. The quantitative estimate of drug-likeness (QED) is 0.278. The van der Waals surface area contributed by atoms with Crippen molar-refractivity contribution in [2.45, 2.75) is 39.4 Å². The maximum atomic E-state index is 13.0. The zero-order valence-corrected chi connectivity index (χ0v) is 21.0. The summed E-state index contributed by atoms with van der Waals surface area (Å²) in [4.78, 5) is 9.24. The van der Waals surface area contributed by atoms with Gasteiger partial charge in [0.15, 0.2) is 22.9 Å². The molecule has 0 spiro atoms. The summed E-state index contributed by atoms with van der Waals surface area (Å²) in [6, 6.07) is 18.3. The molecule has 3 heterocycles. The third-order valence-electron chi connectivity index (χ3n) is 6.30. The SMILES string of the molecule is Cc1cc(C(F)(F)F)nn1-c1ccc(CNc2nc(-c3ccccc3C(C)C)c(C#N)n3ccnc23)cc1. The van der Waals surface area contributed by atoms with Gasteiger partial charge in [-0.2, -0.15) is 23.5 Å². The van der Waals surface area contributed by atoms with Gasteiger partial charge in [-0.15, -0.1) is 0 Å². The van der Waals surface area contributed by atoms with Crippen LogP contribution >= 0.6 is 0 Å². The summed E-state index contributed by atoms with van der Waals surface area (Å²) in [5.74, 6) is 0.753. The van der Waals surface area contributed by atoms with Crippen LogP contribution in [0.5, 0.6) is 0 Å². The van der Waals surface area contributed by atoms with Crippen LogP contribution in [0.4, 0.5) is 19.0 Å². The van der Waals surface area contributed by atoms with Gasteiger partial charge in [0, 0.05) is 30.2 Å². The van der Waals surface area contributed by atoms with Crippen LogP contribution < -0.4 is 5.32 Å². The highest BCUT2D eigenvalue weighted by atomic mass is 19.4. The first-order valence-electron chi connectivity index (χ1n) is 12.0. The van der Waals surface area contributed by atoms with Crippen LogP contribution in [-0.2, 0) is 12.7 Å². The number of aromatic nitrogens is 5. The maximum absolute atomic E-state index is 13.0. The molecule has 0 saturated heterocycles. The molecule has 0 unspecified atom stereocenters. The first-order chi connectivity index (χ1) is 18.2. The fraction of sp³-hybridized carbons (Fsp3) is 0.214. The van der Waals surface area contributed by atoms with Crippen LogP contribution in [0.2, 0.25) is 0 Å². The number of anilines is 1. The van der Waals surface area contributed by atoms with E-state index in [2.05, 4.69) is 35.3 Å². The first-order valence-corrected chi connectivity index (χ1v) is 12.0. The van der Waals surface area contributed by atoms with Crippen LogP contribution in [0, 0.1) is 18.3 Å². The molecule has 2 aromatic carbocycles. The van der Waals surface area contributed by atoms with Crippen molar-refractivity contribution in [2.24, 2.45) is 0 Å². The minimum Gasteiger partial charge on any atom is -0.363 e. The van der Waals surface area contributed by atoms with Gasteiger partial charge in [-0.1, -0.05) is 50.2 Å². The molecule has 0 atom stereocenters. The summed E-state index contributed by atoms with van der Waals surface area (Å²) in [5.41, 5.74) is 4.33. The second-order valence-corrected chi connectivity index (χ2v) is 9.23. The molecule has 0 aliphatic carbocycles. The van der Waals surface area contributed by atoms with Crippen LogP contribution in [0.3, 0.4) is 0 Å². The van der Waals surface area contributed by atoms with E-state index >= 15 is 0 Å². The molecular weight excluding hydrogens is 491 g/mol. The summed E-state index contributed by atoms with van der Waals surface area (Å²) < 4.78 is 42.1. The third-order valence-corrected chi connectivity index (χ3v) is 6.30. The van der Waals surface area contributed by atoms with Gasteiger partial charge >= 0.3 is 6.18 Å². The lowest BCUT2D eigenvalue weighted by Crippen LogP contribution is -2.09. The maximum Gasteiger partial charge on any atom is 0.435 e. The second kappa shape index (κ2) is 9.67. The van der Waals surface area contributed by atoms with E-state index in [4.69, 9.17) is 4.98 Å². The molecule has 0 amide bonds. The lowest BCUT2D eigenvalue weighted by Gasteiger charge is -2.16. The summed E-state index contributed by atoms with van der Waals surface area (Å²) in [5, 5.41) is 17.0. The number of aryl methyl sites for hydroxylation is 1. The number of imidazole rings is 1. The van der Waals surface area contributed by atoms with Crippen molar-refractivity contribution < 1.29 is 13.2 Å². The van der Waals surface area contributed by atoms with Crippen LogP contribution in [0.25, 0.3) is 22.6 Å². The molecule has 5 aromatic rings. The smallest absolute Gasteiger partial charge is 0.363 e. The molecule has 192 valence electrons. The van der Waals surface area contributed by atoms with Gasteiger partial charge in [0.1, 0.15) is 11.8 Å². The normalized spacial score (nSPS) is 11.7. The number of nitrogens with zero attached hydrogens (tertiary/aromatic N) is 6. The standard InChI is InChI=1S/C28H24F3N7/c1-17(2)21-6-4-5-7-22(21)25-23(15-32)37-13-12-33-27(37)26(35-25)34-16-19-8-10-20(11-9-19)38-18(3)14-24(36-38)28(29,30)31/h4-14,17H,16H2,1-3H3,(H,34,35). The minimum absolute atomic E-state index is 0.235. The van der Waals surface area contributed by atoms with Gasteiger partial charge in [-0.05, 0) is 42.2 Å². The Labute approximate surface area is 217 Å². The van der Waals surface area contributed by atoms with E-state index in [0.717, 1.165) is 22.8 Å². The molecule has 3 aromatic heterocycles. The Morgan fingerprint density at radius 3 is 2.47 bits per heavy atom. The van der Waals surface area contributed by atoms with E-state index in [0.29, 0.717) is 40.8 Å². The molecule has 5 rings (SSSR count). The fourth-order valence-corrected chi connectivity index (χ4v) is 4.43. The molecule has 0 aliphatic heterocycles. The average molecular weight is 516 g/mol. The molecule has 0 saturated carbocycles. The van der Waals surface area contributed by atoms with Crippen molar-refractivity contribution in [1.29, 1.82) is 5.26 Å². The molecule has 0 radical (unpaired) electrons. The predicted molar refractivity (Wildman–Crippen MR) is 138 cm³/mol. The van der Waals surface area contributed by atoms with Gasteiger partial charge in [-0.3, -0.25) is 4.40 Å². The number of alkyl halides is 3. The Morgan fingerprint density at radius 1 is 1.08 bits per heavy atom. The number of rotatable bonds is 6. The van der Waals surface area contributed by atoms with Crippen LogP contribution in [-0.4, -0.2) is 24.1 Å². The van der Waals surface area contributed by atoms with E-state index < -0.39 is 11.9 Å². The Morgan fingerprint density at radius 2 is 1.82 bits per heavy atom. The van der Waals surface area contributed by atoms with Crippen molar-refractivity contribution in [3.63, 3.8) is 0 Å². The number of fused-ring (bicyclic) bond motifs is 1. The van der Waals surface area contributed by atoms with Gasteiger partial charge in [-0.25, -0.2) is 14.6 Å². The van der Waals surface area contributed by atoms with Crippen LogP contribution in [0.1, 0.15) is 48.0 Å². The number of nitrogens with one attached hydrogen (secondary N) is 1. The number of halogens is 3. The number of hydrogen-bond donors (Lipinski definition) is 1. The Balaban J connectivity index is 1.46. The van der Waals surface area contributed by atoms with Gasteiger partial charge < -0.3 is 5.32 Å². The molecule has 1 N–H and O–H groups in total. The molecule has 7 nitrogen and oxygen atoms in total. The van der Waals surface area contributed by atoms with Gasteiger partial charge in [0.25, 0.3) is 0 Å². The predicted octanol–water partition coefficient (Wildman–Crippen LogP) is 6.52. The van der Waals surface area contributed by atoms with Crippen molar-refractivity contribution in [3.8, 4) is 23.0 Å². The summed E-state index contributed by atoms with van der Waals surface area (Å²) in [7, 11) is 0. The molecule has 0 aliphatic rings. The monoisotopic (exact) mass is 515 g/mol.